The lowest BCUT2D eigenvalue weighted by atomic mass is 10.3. The molecule has 0 bridgehead atoms. The molecule has 0 heterocycles. The minimum atomic E-state index is -0.904. The highest BCUT2D eigenvalue weighted by atomic mass is 32.2. The molecule has 0 radical (unpaired) electrons. The first-order valence-electron chi connectivity index (χ1n) is 5.78. The number of rotatable bonds is 7. The zero-order valence-corrected chi connectivity index (χ0v) is 12.0. The van der Waals surface area contributed by atoms with E-state index >= 15 is 0 Å². The highest BCUT2D eigenvalue weighted by Crippen LogP contribution is 2.08. The predicted octanol–water partition coefficient (Wildman–Crippen LogP) is 1.05. The van der Waals surface area contributed by atoms with Crippen molar-refractivity contribution in [3.05, 3.63) is 0 Å². The normalized spacial score (nSPS) is 11.8. The molecule has 0 aliphatic heterocycles. The summed E-state index contributed by atoms with van der Waals surface area (Å²) in [7, 11) is 0. The van der Waals surface area contributed by atoms with Crippen LogP contribution in [0.1, 0.15) is 27.2 Å². The summed E-state index contributed by atoms with van der Waals surface area (Å²) in [5.74, 6) is -1.01. The summed E-state index contributed by atoms with van der Waals surface area (Å²) in [6.07, 6.45) is -0.0553. The first kappa shape index (κ1) is 17.7. The molecule has 0 aromatic carbocycles. The molecule has 0 aromatic heterocycles. The fraction of sp³-hybridized carbons (Fsp3) is 0.727. The quantitative estimate of drug-likeness (QED) is 0.548. The summed E-state index contributed by atoms with van der Waals surface area (Å²) in [5.41, 5.74) is 5.52. The Morgan fingerprint density at radius 3 is 2.37 bits per heavy atom. The predicted molar refractivity (Wildman–Crippen MR) is 69.4 cm³/mol. The van der Waals surface area contributed by atoms with Crippen molar-refractivity contribution in [3.8, 4) is 0 Å². The van der Waals surface area contributed by atoms with Crippen LogP contribution in [0, 0.1) is 0 Å². The van der Waals surface area contributed by atoms with Crippen LogP contribution in [0.3, 0.4) is 0 Å². The van der Waals surface area contributed by atoms with Gasteiger partial charge in [0.2, 0.25) is 6.79 Å². The van der Waals surface area contributed by atoms with E-state index < -0.39 is 30.1 Å². The Morgan fingerprint density at radius 1 is 1.21 bits per heavy atom. The van der Waals surface area contributed by atoms with Crippen molar-refractivity contribution >= 4 is 29.0 Å². The first-order valence-corrected chi connectivity index (χ1v) is 6.76. The van der Waals surface area contributed by atoms with Gasteiger partial charge in [-0.2, -0.15) is 0 Å². The number of hydrogen-bond donors (Lipinski definition) is 1. The Hall–Kier alpha value is -1.28. The molecule has 0 amide bonds. The van der Waals surface area contributed by atoms with Crippen LogP contribution in [0.2, 0.25) is 0 Å². The molecule has 0 unspecified atom stereocenters. The lowest BCUT2D eigenvalue weighted by Gasteiger charge is -2.13. The summed E-state index contributed by atoms with van der Waals surface area (Å²) in [6, 6.07) is -0.904. The Balaban J connectivity index is 3.77. The lowest BCUT2D eigenvalue weighted by Crippen LogP contribution is -2.36. The molecule has 2 N–H and O–H groups in total. The number of carbonyl (C=O) groups excluding carboxylic acids is 3. The molecule has 0 aliphatic rings. The fourth-order valence-corrected chi connectivity index (χ4v) is 1.42. The van der Waals surface area contributed by atoms with Gasteiger partial charge in [-0.25, -0.2) is 4.79 Å². The SMILES string of the molecule is CCC(=O)OCOC(=O)SC[C@H](N)C(=O)OC(C)C. The minimum absolute atomic E-state index is 0.0338. The summed E-state index contributed by atoms with van der Waals surface area (Å²) in [5, 5.41) is -0.670. The van der Waals surface area contributed by atoms with Crippen molar-refractivity contribution in [2.45, 2.75) is 39.3 Å². The highest BCUT2D eigenvalue weighted by molar-refractivity contribution is 8.13. The van der Waals surface area contributed by atoms with Crippen molar-refractivity contribution in [2.24, 2.45) is 5.73 Å². The van der Waals surface area contributed by atoms with Gasteiger partial charge in [-0.15, -0.1) is 0 Å². The Bertz CT molecular complexity index is 320. The van der Waals surface area contributed by atoms with Crippen molar-refractivity contribution < 1.29 is 28.6 Å². The van der Waals surface area contributed by atoms with Crippen LogP contribution in [0.15, 0.2) is 0 Å². The van der Waals surface area contributed by atoms with Crippen molar-refractivity contribution in [2.75, 3.05) is 12.5 Å². The van der Waals surface area contributed by atoms with Crippen molar-refractivity contribution in [1.29, 1.82) is 0 Å². The number of nitrogens with two attached hydrogens (primary N) is 1. The van der Waals surface area contributed by atoms with Crippen molar-refractivity contribution in [3.63, 3.8) is 0 Å². The number of hydrogen-bond acceptors (Lipinski definition) is 8. The molecule has 0 aromatic rings. The molecule has 8 heteroatoms. The molecular weight excluding hydrogens is 274 g/mol. The van der Waals surface area contributed by atoms with Gasteiger partial charge < -0.3 is 19.9 Å². The minimum Gasteiger partial charge on any atom is -0.462 e. The molecule has 110 valence electrons. The summed E-state index contributed by atoms with van der Waals surface area (Å²) in [4.78, 5) is 33.3. The van der Waals surface area contributed by atoms with E-state index in [0.717, 1.165) is 11.8 Å². The smallest absolute Gasteiger partial charge is 0.370 e. The zero-order valence-electron chi connectivity index (χ0n) is 11.2. The number of ether oxygens (including phenoxy) is 3. The molecule has 7 nitrogen and oxygen atoms in total. The average molecular weight is 293 g/mol. The maximum absolute atomic E-state index is 11.3. The van der Waals surface area contributed by atoms with Gasteiger partial charge >= 0.3 is 17.2 Å². The third kappa shape index (κ3) is 9.32. The molecule has 19 heavy (non-hydrogen) atoms. The second kappa shape index (κ2) is 9.62. The largest absolute Gasteiger partial charge is 0.462 e. The van der Waals surface area contributed by atoms with Crippen LogP contribution < -0.4 is 5.73 Å². The molecule has 0 saturated heterocycles. The lowest BCUT2D eigenvalue weighted by molar-refractivity contribution is -0.151. The van der Waals surface area contributed by atoms with E-state index in [1.54, 1.807) is 20.8 Å². The average Bonchev–Trinajstić information content (AvgIpc) is 2.34. The summed E-state index contributed by atoms with van der Waals surface area (Å²) >= 11 is 0.721. The maximum Gasteiger partial charge on any atom is 0.370 e. The number of carbonyl (C=O) groups is 3. The second-order valence-corrected chi connectivity index (χ2v) is 4.74. The van der Waals surface area contributed by atoms with Gasteiger partial charge in [0, 0.05) is 12.2 Å². The van der Waals surface area contributed by atoms with E-state index in [1.165, 1.54) is 0 Å². The van der Waals surface area contributed by atoms with Crippen LogP contribution in [-0.4, -0.2) is 41.9 Å². The molecule has 0 fully saturated rings. The van der Waals surface area contributed by atoms with Crippen LogP contribution >= 0.6 is 11.8 Å². The van der Waals surface area contributed by atoms with Crippen LogP contribution in [0.4, 0.5) is 4.79 Å². The number of thioether (sulfide) groups is 1. The van der Waals surface area contributed by atoms with Gasteiger partial charge in [0.05, 0.1) is 6.10 Å². The maximum atomic E-state index is 11.3. The third-order valence-electron chi connectivity index (χ3n) is 1.72. The van der Waals surface area contributed by atoms with Gasteiger partial charge in [-0.3, -0.25) is 9.59 Å². The highest BCUT2D eigenvalue weighted by Gasteiger charge is 2.18. The topological polar surface area (TPSA) is 105 Å². The Kier molecular flexibility index (Phi) is 8.98. The van der Waals surface area contributed by atoms with Crippen LogP contribution in [0.25, 0.3) is 0 Å². The molecule has 0 spiro atoms. The standard InChI is InChI=1S/C11H19NO6S/c1-4-9(13)16-6-17-11(15)19-5-8(12)10(14)18-7(2)3/h7-8H,4-6,12H2,1-3H3/t8-/m0/s1. The van der Waals surface area contributed by atoms with Gasteiger partial charge in [-0.05, 0) is 25.6 Å². The van der Waals surface area contributed by atoms with Gasteiger partial charge in [-0.1, -0.05) is 6.92 Å². The number of esters is 2. The van der Waals surface area contributed by atoms with Crippen LogP contribution in [-0.2, 0) is 23.8 Å². The van der Waals surface area contributed by atoms with Crippen molar-refractivity contribution in [1.82, 2.24) is 0 Å². The van der Waals surface area contributed by atoms with Gasteiger partial charge in [0.1, 0.15) is 6.04 Å². The van der Waals surface area contributed by atoms with E-state index in [1.807, 2.05) is 0 Å². The van der Waals surface area contributed by atoms with E-state index in [2.05, 4.69) is 9.47 Å². The fourth-order valence-electron chi connectivity index (χ4n) is 0.833. The van der Waals surface area contributed by atoms with E-state index in [4.69, 9.17) is 10.5 Å². The zero-order chi connectivity index (χ0) is 14.8. The summed E-state index contributed by atoms with van der Waals surface area (Å²) in [6.45, 7) is 4.59. The third-order valence-corrected chi connectivity index (χ3v) is 2.60. The van der Waals surface area contributed by atoms with E-state index in [9.17, 15) is 14.4 Å². The van der Waals surface area contributed by atoms with Crippen LogP contribution in [0.5, 0.6) is 0 Å². The van der Waals surface area contributed by atoms with Gasteiger partial charge in [0.25, 0.3) is 0 Å². The molecule has 0 rings (SSSR count). The first-order chi connectivity index (χ1) is 8.86. The molecule has 1 atom stereocenters. The van der Waals surface area contributed by atoms with Gasteiger partial charge in [0.15, 0.2) is 0 Å². The Labute approximate surface area is 116 Å². The molecule has 0 aliphatic carbocycles. The summed E-state index contributed by atoms with van der Waals surface area (Å²) < 4.78 is 14.0. The second-order valence-electron chi connectivity index (χ2n) is 3.79. The Morgan fingerprint density at radius 2 is 1.84 bits per heavy atom. The molecule has 0 saturated carbocycles. The van der Waals surface area contributed by atoms with E-state index in [-0.39, 0.29) is 18.3 Å². The monoisotopic (exact) mass is 293 g/mol. The van der Waals surface area contributed by atoms with E-state index in [0.29, 0.717) is 0 Å². The molecular formula is C11H19NO6S.